The number of hydrogen-bond donors (Lipinski definition) is 0. The third-order valence-electron chi connectivity index (χ3n) is 8.27. The van der Waals surface area contributed by atoms with E-state index in [0.717, 1.165) is 25.5 Å². The van der Waals surface area contributed by atoms with Crippen molar-refractivity contribution in [2.24, 2.45) is 0 Å². The van der Waals surface area contributed by atoms with E-state index in [9.17, 15) is 8.42 Å². The topological polar surface area (TPSA) is 61.8 Å². The molecular weight excluding hydrogens is 544 g/mol. The Morgan fingerprint density at radius 2 is 0.738 bits per heavy atom. The Morgan fingerprint density at radius 3 is 1.07 bits per heavy atom. The lowest BCUT2D eigenvalue weighted by atomic mass is 10.0. The number of hydrogen-bond acceptors (Lipinski definition) is 5. The zero-order chi connectivity index (χ0) is 30.8. The van der Waals surface area contributed by atoms with Crippen LogP contribution in [0, 0.1) is 0 Å². The van der Waals surface area contributed by atoms with Gasteiger partial charge in [-0.2, -0.15) is 8.42 Å². The Labute approximate surface area is 264 Å². The van der Waals surface area contributed by atoms with Crippen LogP contribution < -0.4 is 0 Å². The highest BCUT2D eigenvalue weighted by Gasteiger charge is 2.13. The predicted octanol–water partition coefficient (Wildman–Crippen LogP) is 11.3. The van der Waals surface area contributed by atoms with Crippen molar-refractivity contribution in [3.8, 4) is 0 Å². The first-order valence-electron chi connectivity index (χ1n) is 18.5. The second-order valence-electron chi connectivity index (χ2n) is 12.7. The number of ether oxygens (including phenoxy) is 2. The van der Waals surface area contributed by atoms with E-state index in [1.165, 1.54) is 161 Å². The van der Waals surface area contributed by atoms with Gasteiger partial charge in [0.1, 0.15) is 6.10 Å². The Hall–Kier alpha value is -0.170. The summed E-state index contributed by atoms with van der Waals surface area (Å²) in [5.41, 5.74) is 0. The van der Waals surface area contributed by atoms with Crippen molar-refractivity contribution >= 4 is 10.1 Å². The van der Waals surface area contributed by atoms with Crippen molar-refractivity contribution in [3.05, 3.63) is 0 Å². The molecule has 0 N–H and O–H groups in total. The predicted molar refractivity (Wildman–Crippen MR) is 182 cm³/mol. The molecule has 0 saturated carbocycles. The van der Waals surface area contributed by atoms with Crippen molar-refractivity contribution in [1.82, 2.24) is 0 Å². The van der Waals surface area contributed by atoms with Crippen LogP contribution in [0.15, 0.2) is 0 Å². The molecule has 1 atom stereocenters. The monoisotopic (exact) mass is 619 g/mol. The molecule has 0 spiro atoms. The van der Waals surface area contributed by atoms with Gasteiger partial charge in [-0.05, 0) is 12.8 Å². The van der Waals surface area contributed by atoms with E-state index >= 15 is 0 Å². The van der Waals surface area contributed by atoms with E-state index in [-0.39, 0.29) is 12.7 Å². The molecule has 1 unspecified atom stereocenters. The molecule has 0 saturated heterocycles. The third kappa shape index (κ3) is 36.0. The van der Waals surface area contributed by atoms with Gasteiger partial charge in [0.15, 0.2) is 0 Å². The summed E-state index contributed by atoms with van der Waals surface area (Å²) in [7, 11) is -3.48. The standard InChI is InChI=1S/C36H74O5S/c1-4-6-8-10-12-14-16-18-20-22-24-26-28-30-32-39-34-36(35-41-42(3,37)38)40-33-31-29-27-25-23-21-19-17-15-13-11-9-7-5-2/h36H,4-35H2,1-3H3. The van der Waals surface area contributed by atoms with Crippen molar-refractivity contribution in [3.63, 3.8) is 0 Å². The quantitative estimate of drug-likeness (QED) is 0.0516. The highest BCUT2D eigenvalue weighted by atomic mass is 32.2. The van der Waals surface area contributed by atoms with Crippen LogP contribution in [-0.4, -0.2) is 47.2 Å². The first-order chi connectivity index (χ1) is 20.5. The van der Waals surface area contributed by atoms with E-state index in [1.807, 2.05) is 0 Å². The number of rotatable bonds is 36. The lowest BCUT2D eigenvalue weighted by Gasteiger charge is -2.17. The lowest BCUT2D eigenvalue weighted by Crippen LogP contribution is -2.27. The van der Waals surface area contributed by atoms with Gasteiger partial charge in [0, 0.05) is 13.2 Å². The molecule has 0 aromatic rings. The van der Waals surface area contributed by atoms with Crippen LogP contribution >= 0.6 is 0 Å². The molecule has 0 aliphatic heterocycles. The van der Waals surface area contributed by atoms with Gasteiger partial charge in [0.25, 0.3) is 10.1 Å². The maximum atomic E-state index is 11.5. The van der Waals surface area contributed by atoms with Crippen molar-refractivity contribution in [1.29, 1.82) is 0 Å². The van der Waals surface area contributed by atoms with Gasteiger partial charge in [-0.1, -0.05) is 181 Å². The zero-order valence-electron chi connectivity index (χ0n) is 28.7. The Kier molecular flexibility index (Phi) is 33.6. The fourth-order valence-electron chi connectivity index (χ4n) is 5.50. The SMILES string of the molecule is CCCCCCCCCCCCCCCCOCC(COS(C)(=O)=O)OCCCCCCCCCCCCCCCC. The zero-order valence-corrected chi connectivity index (χ0v) is 29.5. The second kappa shape index (κ2) is 33.7. The van der Waals surface area contributed by atoms with Crippen molar-refractivity contribution in [2.45, 2.75) is 200 Å². The summed E-state index contributed by atoms with van der Waals surface area (Å²) >= 11 is 0. The van der Waals surface area contributed by atoms with Crippen molar-refractivity contribution in [2.75, 3.05) is 32.7 Å². The van der Waals surface area contributed by atoms with Crippen LogP contribution in [0.4, 0.5) is 0 Å². The van der Waals surface area contributed by atoms with Gasteiger partial charge in [0.05, 0.1) is 19.5 Å². The highest BCUT2D eigenvalue weighted by Crippen LogP contribution is 2.14. The summed E-state index contributed by atoms with van der Waals surface area (Å²) in [6.45, 7) is 6.33. The molecule has 6 heteroatoms. The molecule has 0 heterocycles. The van der Waals surface area contributed by atoms with Gasteiger partial charge >= 0.3 is 0 Å². The van der Waals surface area contributed by atoms with Gasteiger partial charge in [-0.3, -0.25) is 4.18 Å². The summed E-state index contributed by atoms with van der Waals surface area (Å²) in [4.78, 5) is 0. The molecular formula is C36H74O5S. The molecule has 0 fully saturated rings. The maximum Gasteiger partial charge on any atom is 0.264 e. The van der Waals surface area contributed by atoms with Crippen LogP contribution in [-0.2, 0) is 23.8 Å². The molecule has 0 bridgehead atoms. The smallest absolute Gasteiger partial charge is 0.264 e. The minimum Gasteiger partial charge on any atom is -0.379 e. The molecule has 254 valence electrons. The van der Waals surface area contributed by atoms with Gasteiger partial charge in [0.2, 0.25) is 0 Å². The van der Waals surface area contributed by atoms with Crippen LogP contribution in [0.1, 0.15) is 194 Å². The second-order valence-corrected chi connectivity index (χ2v) is 14.4. The molecule has 0 amide bonds. The molecule has 0 rings (SSSR count). The lowest BCUT2D eigenvalue weighted by molar-refractivity contribution is -0.0377. The van der Waals surface area contributed by atoms with E-state index in [0.29, 0.717) is 19.8 Å². The van der Waals surface area contributed by atoms with Crippen LogP contribution in [0.2, 0.25) is 0 Å². The number of unbranched alkanes of at least 4 members (excludes halogenated alkanes) is 26. The van der Waals surface area contributed by atoms with Gasteiger partial charge in [-0.15, -0.1) is 0 Å². The average Bonchev–Trinajstić information content (AvgIpc) is 2.96. The molecule has 0 aromatic carbocycles. The summed E-state index contributed by atoms with van der Waals surface area (Å²) in [5.74, 6) is 0. The molecule has 0 radical (unpaired) electrons. The van der Waals surface area contributed by atoms with Gasteiger partial charge < -0.3 is 9.47 Å². The normalized spacial score (nSPS) is 12.7. The summed E-state index contributed by atoms with van der Waals surface area (Å²) < 4.78 is 39.7. The Bertz CT molecular complexity index is 610. The Balaban J connectivity index is 3.66. The van der Waals surface area contributed by atoms with Crippen LogP contribution in [0.3, 0.4) is 0 Å². The average molecular weight is 619 g/mol. The molecule has 0 aliphatic carbocycles. The minimum atomic E-state index is -3.48. The van der Waals surface area contributed by atoms with E-state index in [4.69, 9.17) is 13.7 Å². The highest BCUT2D eigenvalue weighted by molar-refractivity contribution is 7.85. The Morgan fingerprint density at radius 1 is 0.429 bits per heavy atom. The van der Waals surface area contributed by atoms with E-state index < -0.39 is 10.1 Å². The van der Waals surface area contributed by atoms with Gasteiger partial charge in [-0.25, -0.2) is 0 Å². The summed E-state index contributed by atoms with van der Waals surface area (Å²) in [6, 6.07) is 0. The first kappa shape index (κ1) is 41.8. The summed E-state index contributed by atoms with van der Waals surface area (Å²) in [6.07, 6.45) is 38.2. The van der Waals surface area contributed by atoms with E-state index in [2.05, 4.69) is 13.8 Å². The first-order valence-corrected chi connectivity index (χ1v) is 20.3. The fraction of sp³-hybridized carbons (Fsp3) is 1.00. The minimum absolute atomic E-state index is 0.0379. The third-order valence-corrected chi connectivity index (χ3v) is 8.83. The molecule has 0 aliphatic rings. The fourth-order valence-corrected chi connectivity index (χ4v) is 5.90. The van der Waals surface area contributed by atoms with E-state index in [1.54, 1.807) is 0 Å². The van der Waals surface area contributed by atoms with Crippen molar-refractivity contribution < 1.29 is 22.1 Å². The maximum absolute atomic E-state index is 11.5. The molecule has 5 nitrogen and oxygen atoms in total. The molecule has 0 aromatic heterocycles. The molecule has 42 heavy (non-hydrogen) atoms. The summed E-state index contributed by atoms with van der Waals surface area (Å²) in [5, 5.41) is 0. The van der Waals surface area contributed by atoms with Crippen LogP contribution in [0.5, 0.6) is 0 Å². The van der Waals surface area contributed by atoms with Crippen LogP contribution in [0.25, 0.3) is 0 Å². The largest absolute Gasteiger partial charge is 0.379 e.